The van der Waals surface area contributed by atoms with Gasteiger partial charge < -0.3 is 4.42 Å². The molecular formula is C12H12O2. The highest BCUT2D eigenvalue weighted by molar-refractivity contribution is 5.76. The predicted octanol–water partition coefficient (Wildman–Crippen LogP) is 2.92. The second kappa shape index (κ2) is 3.29. The lowest BCUT2D eigenvalue weighted by Gasteiger charge is -1.95. The normalized spacial score (nSPS) is 11.1. The number of furan rings is 1. The first-order chi connectivity index (χ1) is 6.68. The molecule has 0 unspecified atom stereocenters. The van der Waals surface area contributed by atoms with Gasteiger partial charge in [-0.2, -0.15) is 0 Å². The highest BCUT2D eigenvalue weighted by Gasteiger charge is 2.07. The highest BCUT2D eigenvalue weighted by Crippen LogP contribution is 2.21. The van der Waals surface area contributed by atoms with Crippen molar-refractivity contribution in [1.82, 2.24) is 0 Å². The third-order valence-corrected chi connectivity index (χ3v) is 2.21. The van der Waals surface area contributed by atoms with Gasteiger partial charge in [0.2, 0.25) is 5.43 Å². The summed E-state index contributed by atoms with van der Waals surface area (Å²) in [6.07, 6.45) is 0. The van der Waals surface area contributed by atoms with Crippen LogP contribution in [0.25, 0.3) is 11.0 Å². The SMILES string of the molecule is CC(C)c1cc2ccccc(=O)c2o1. The van der Waals surface area contributed by atoms with Crippen molar-refractivity contribution in [3.05, 3.63) is 46.3 Å². The Balaban J connectivity index is 2.80. The molecule has 0 saturated carbocycles. The zero-order chi connectivity index (χ0) is 10.1. The van der Waals surface area contributed by atoms with Crippen molar-refractivity contribution < 1.29 is 4.42 Å². The standard InChI is InChI=1S/C12H12O2/c1-8(2)11-7-9-5-3-4-6-10(13)12(9)14-11/h3-8H,1-2H3. The third kappa shape index (κ3) is 1.43. The summed E-state index contributed by atoms with van der Waals surface area (Å²) >= 11 is 0. The Bertz CT molecular complexity index is 509. The highest BCUT2D eigenvalue weighted by atomic mass is 16.3. The van der Waals surface area contributed by atoms with Crippen molar-refractivity contribution >= 4 is 11.0 Å². The van der Waals surface area contributed by atoms with Crippen molar-refractivity contribution in [1.29, 1.82) is 0 Å². The van der Waals surface area contributed by atoms with E-state index in [1.54, 1.807) is 6.07 Å². The van der Waals surface area contributed by atoms with Crippen molar-refractivity contribution in [2.45, 2.75) is 19.8 Å². The molecule has 0 saturated heterocycles. The quantitative estimate of drug-likeness (QED) is 0.688. The number of rotatable bonds is 1. The van der Waals surface area contributed by atoms with Gasteiger partial charge in [-0.3, -0.25) is 4.79 Å². The maximum atomic E-state index is 11.5. The second-order valence-electron chi connectivity index (χ2n) is 3.67. The topological polar surface area (TPSA) is 30.2 Å². The molecule has 14 heavy (non-hydrogen) atoms. The van der Waals surface area contributed by atoms with Gasteiger partial charge in [0.15, 0.2) is 5.58 Å². The Kier molecular flexibility index (Phi) is 2.12. The van der Waals surface area contributed by atoms with Crippen LogP contribution >= 0.6 is 0 Å². The molecule has 1 aromatic heterocycles. The minimum absolute atomic E-state index is 0.0584. The van der Waals surface area contributed by atoms with E-state index in [0.717, 1.165) is 11.1 Å². The van der Waals surface area contributed by atoms with Gasteiger partial charge in [0.05, 0.1) is 0 Å². The van der Waals surface area contributed by atoms with E-state index < -0.39 is 0 Å². The smallest absolute Gasteiger partial charge is 0.221 e. The molecule has 0 N–H and O–H groups in total. The van der Waals surface area contributed by atoms with Crippen LogP contribution in [0.15, 0.2) is 39.5 Å². The fourth-order valence-electron chi connectivity index (χ4n) is 1.40. The fraction of sp³-hybridized carbons (Fsp3) is 0.250. The first-order valence-corrected chi connectivity index (χ1v) is 4.71. The van der Waals surface area contributed by atoms with E-state index in [-0.39, 0.29) is 5.43 Å². The summed E-state index contributed by atoms with van der Waals surface area (Å²) in [5.41, 5.74) is 0.399. The summed E-state index contributed by atoms with van der Waals surface area (Å²) in [4.78, 5) is 11.5. The molecule has 0 fully saturated rings. The summed E-state index contributed by atoms with van der Waals surface area (Å²) in [7, 11) is 0. The third-order valence-electron chi connectivity index (χ3n) is 2.21. The molecule has 0 spiro atoms. The van der Waals surface area contributed by atoms with E-state index >= 15 is 0 Å². The van der Waals surface area contributed by atoms with Crippen molar-refractivity contribution in [2.75, 3.05) is 0 Å². The van der Waals surface area contributed by atoms with E-state index in [1.165, 1.54) is 6.07 Å². The zero-order valence-electron chi connectivity index (χ0n) is 8.28. The van der Waals surface area contributed by atoms with Crippen molar-refractivity contribution in [3.63, 3.8) is 0 Å². The van der Waals surface area contributed by atoms with Gasteiger partial charge in [0.1, 0.15) is 5.76 Å². The van der Waals surface area contributed by atoms with E-state index in [0.29, 0.717) is 11.5 Å². The lowest BCUT2D eigenvalue weighted by molar-refractivity contribution is 0.520. The maximum absolute atomic E-state index is 11.5. The first kappa shape index (κ1) is 9.00. The Labute approximate surface area is 82.2 Å². The van der Waals surface area contributed by atoms with Gasteiger partial charge in [-0.15, -0.1) is 0 Å². The molecule has 0 atom stereocenters. The van der Waals surface area contributed by atoms with Crippen LogP contribution in [0.5, 0.6) is 0 Å². The van der Waals surface area contributed by atoms with Gasteiger partial charge in [-0.05, 0) is 12.1 Å². The average Bonchev–Trinajstić information content (AvgIpc) is 2.49. The van der Waals surface area contributed by atoms with Crippen LogP contribution in [0.2, 0.25) is 0 Å². The number of hydrogen-bond donors (Lipinski definition) is 0. The molecular weight excluding hydrogens is 176 g/mol. The maximum Gasteiger partial charge on any atom is 0.221 e. The van der Waals surface area contributed by atoms with Gasteiger partial charge in [0, 0.05) is 11.3 Å². The number of hydrogen-bond acceptors (Lipinski definition) is 2. The molecule has 2 nitrogen and oxygen atoms in total. The molecule has 2 rings (SSSR count). The van der Waals surface area contributed by atoms with Gasteiger partial charge in [-0.1, -0.05) is 32.0 Å². The van der Waals surface area contributed by atoms with Gasteiger partial charge in [0.25, 0.3) is 0 Å². The average molecular weight is 188 g/mol. The van der Waals surface area contributed by atoms with Crippen LogP contribution in [0.4, 0.5) is 0 Å². The minimum Gasteiger partial charge on any atom is -0.457 e. The van der Waals surface area contributed by atoms with E-state index in [1.807, 2.05) is 32.0 Å². The molecule has 2 heteroatoms. The molecule has 0 radical (unpaired) electrons. The van der Waals surface area contributed by atoms with Crippen LogP contribution in [-0.4, -0.2) is 0 Å². The van der Waals surface area contributed by atoms with Crippen molar-refractivity contribution in [3.8, 4) is 0 Å². The Morgan fingerprint density at radius 2 is 1.93 bits per heavy atom. The Morgan fingerprint density at radius 1 is 1.21 bits per heavy atom. The molecule has 72 valence electrons. The molecule has 1 heterocycles. The molecule has 0 amide bonds. The van der Waals surface area contributed by atoms with Crippen LogP contribution in [0.1, 0.15) is 25.5 Å². The Hall–Kier alpha value is -1.57. The molecule has 0 aliphatic rings. The van der Waals surface area contributed by atoms with Crippen LogP contribution in [0.3, 0.4) is 0 Å². The second-order valence-corrected chi connectivity index (χ2v) is 3.67. The summed E-state index contributed by atoms with van der Waals surface area (Å²) < 4.78 is 5.51. The predicted molar refractivity (Wildman–Crippen MR) is 56.6 cm³/mol. The van der Waals surface area contributed by atoms with Gasteiger partial charge in [-0.25, -0.2) is 0 Å². The summed E-state index contributed by atoms with van der Waals surface area (Å²) in [5, 5.41) is 0.878. The lowest BCUT2D eigenvalue weighted by atomic mass is 10.1. The van der Waals surface area contributed by atoms with E-state index in [4.69, 9.17) is 4.42 Å². The van der Waals surface area contributed by atoms with Crippen molar-refractivity contribution in [2.24, 2.45) is 0 Å². The lowest BCUT2D eigenvalue weighted by Crippen LogP contribution is -1.91. The summed E-state index contributed by atoms with van der Waals surface area (Å²) in [5.74, 6) is 1.18. The fourth-order valence-corrected chi connectivity index (χ4v) is 1.40. The van der Waals surface area contributed by atoms with Crippen LogP contribution < -0.4 is 5.43 Å². The molecule has 0 aliphatic heterocycles. The molecule has 0 bridgehead atoms. The van der Waals surface area contributed by atoms with Gasteiger partial charge >= 0.3 is 0 Å². The van der Waals surface area contributed by atoms with E-state index in [9.17, 15) is 4.79 Å². The molecule has 2 aromatic rings. The summed E-state index contributed by atoms with van der Waals surface area (Å²) in [6.45, 7) is 4.09. The number of fused-ring (bicyclic) bond motifs is 1. The summed E-state index contributed by atoms with van der Waals surface area (Å²) in [6, 6.07) is 8.93. The van der Waals surface area contributed by atoms with E-state index in [2.05, 4.69) is 0 Å². The molecule has 0 aliphatic carbocycles. The Morgan fingerprint density at radius 3 is 2.64 bits per heavy atom. The van der Waals surface area contributed by atoms with Crippen LogP contribution in [-0.2, 0) is 0 Å². The first-order valence-electron chi connectivity index (χ1n) is 4.71. The minimum atomic E-state index is -0.0584. The monoisotopic (exact) mass is 188 g/mol. The largest absolute Gasteiger partial charge is 0.457 e. The molecule has 1 aromatic carbocycles. The van der Waals surface area contributed by atoms with Crippen LogP contribution in [0, 0.1) is 0 Å². The zero-order valence-corrected chi connectivity index (χ0v) is 8.28.